The van der Waals surface area contributed by atoms with Gasteiger partial charge in [0, 0.05) is 19.9 Å². The molecule has 4 rings (SSSR count). The fourth-order valence-corrected chi connectivity index (χ4v) is 3.66. The van der Waals surface area contributed by atoms with Gasteiger partial charge in [-0.15, -0.1) is 0 Å². The molecule has 1 unspecified atom stereocenters. The van der Waals surface area contributed by atoms with Crippen LogP contribution >= 0.6 is 0 Å². The summed E-state index contributed by atoms with van der Waals surface area (Å²) in [6, 6.07) is 17.1. The van der Waals surface area contributed by atoms with Gasteiger partial charge in [-0.25, -0.2) is 9.80 Å². The Bertz CT molecular complexity index is 1220. The number of benzene rings is 2. The first kappa shape index (κ1) is 23.7. The Kier molecular flexibility index (Phi) is 7.25. The van der Waals surface area contributed by atoms with E-state index in [1.807, 2.05) is 24.3 Å². The maximum absolute atomic E-state index is 13.0. The van der Waals surface area contributed by atoms with E-state index in [1.165, 1.54) is 11.9 Å². The number of hydrogen-bond donors (Lipinski definition) is 1. The highest BCUT2D eigenvalue weighted by molar-refractivity contribution is 6.03. The minimum atomic E-state index is -0.627. The molecule has 2 heterocycles. The van der Waals surface area contributed by atoms with Crippen molar-refractivity contribution in [2.45, 2.75) is 25.9 Å². The Balaban J connectivity index is 1.43. The standard InChI is InChI=1S/C26H25N3O6/c1-17(30)27-15-18-5-7-20(8-6-18)26(32)35-16-25(31)29-23(24-4-3-13-34-24)14-22(28-29)19-9-11-21(33-2)12-10-19/h3-13,23H,14-16H2,1-2H3,(H,27,30). The van der Waals surface area contributed by atoms with Crippen molar-refractivity contribution < 1.29 is 28.3 Å². The van der Waals surface area contributed by atoms with Crippen molar-refractivity contribution in [1.29, 1.82) is 0 Å². The number of ether oxygens (including phenoxy) is 2. The van der Waals surface area contributed by atoms with Crippen LogP contribution in [0.4, 0.5) is 0 Å². The van der Waals surface area contributed by atoms with E-state index in [9.17, 15) is 14.4 Å². The molecule has 0 saturated carbocycles. The van der Waals surface area contributed by atoms with Crippen LogP contribution in [0.5, 0.6) is 5.75 Å². The van der Waals surface area contributed by atoms with Gasteiger partial charge in [0.1, 0.15) is 17.6 Å². The molecule has 1 atom stereocenters. The molecule has 1 aliphatic rings. The number of methoxy groups -OCH3 is 1. The maximum Gasteiger partial charge on any atom is 0.338 e. The van der Waals surface area contributed by atoms with Crippen molar-refractivity contribution in [3.8, 4) is 5.75 Å². The summed E-state index contributed by atoms with van der Waals surface area (Å²) in [4.78, 5) is 36.5. The van der Waals surface area contributed by atoms with E-state index in [2.05, 4.69) is 10.4 Å². The SMILES string of the molecule is COc1ccc(C2=NN(C(=O)COC(=O)c3ccc(CNC(C)=O)cc3)C(c3ccco3)C2)cc1. The number of furan rings is 1. The van der Waals surface area contributed by atoms with E-state index in [0.717, 1.165) is 16.9 Å². The second-order valence-corrected chi connectivity index (χ2v) is 7.93. The lowest BCUT2D eigenvalue weighted by atomic mass is 10.0. The van der Waals surface area contributed by atoms with Crippen molar-refractivity contribution in [3.05, 3.63) is 89.4 Å². The number of hydrazone groups is 1. The largest absolute Gasteiger partial charge is 0.497 e. The zero-order valence-corrected chi connectivity index (χ0v) is 19.4. The van der Waals surface area contributed by atoms with Crippen molar-refractivity contribution in [2.75, 3.05) is 13.7 Å². The molecule has 0 radical (unpaired) electrons. The van der Waals surface area contributed by atoms with Gasteiger partial charge in [-0.2, -0.15) is 5.10 Å². The van der Waals surface area contributed by atoms with Crippen LogP contribution in [0.2, 0.25) is 0 Å². The summed E-state index contributed by atoms with van der Waals surface area (Å²) in [5, 5.41) is 8.52. The molecule has 3 aromatic rings. The monoisotopic (exact) mass is 475 g/mol. The molecule has 0 aliphatic carbocycles. The highest BCUT2D eigenvalue weighted by atomic mass is 16.5. The van der Waals surface area contributed by atoms with Gasteiger partial charge >= 0.3 is 5.97 Å². The van der Waals surface area contributed by atoms with Gasteiger partial charge in [0.25, 0.3) is 5.91 Å². The fourth-order valence-electron chi connectivity index (χ4n) is 3.66. The Hall–Kier alpha value is -4.40. The Morgan fingerprint density at radius 3 is 2.46 bits per heavy atom. The van der Waals surface area contributed by atoms with E-state index in [0.29, 0.717) is 30.0 Å². The molecule has 180 valence electrons. The summed E-state index contributed by atoms with van der Waals surface area (Å²) in [6.45, 7) is 1.33. The van der Waals surface area contributed by atoms with E-state index in [4.69, 9.17) is 13.9 Å². The molecule has 9 heteroatoms. The predicted molar refractivity (Wildman–Crippen MR) is 127 cm³/mol. The van der Waals surface area contributed by atoms with Crippen LogP contribution in [-0.2, 0) is 20.9 Å². The zero-order valence-electron chi connectivity index (χ0n) is 19.4. The van der Waals surface area contributed by atoms with Crippen molar-refractivity contribution in [1.82, 2.24) is 10.3 Å². The van der Waals surface area contributed by atoms with Crippen LogP contribution in [0, 0.1) is 0 Å². The highest BCUT2D eigenvalue weighted by Crippen LogP contribution is 2.33. The molecule has 9 nitrogen and oxygen atoms in total. The van der Waals surface area contributed by atoms with Crippen LogP contribution in [0.1, 0.15) is 46.6 Å². The van der Waals surface area contributed by atoms with Gasteiger partial charge in [-0.1, -0.05) is 12.1 Å². The van der Waals surface area contributed by atoms with Crippen LogP contribution in [0.3, 0.4) is 0 Å². The molecular weight excluding hydrogens is 450 g/mol. The third kappa shape index (κ3) is 5.75. The smallest absolute Gasteiger partial charge is 0.338 e. The van der Waals surface area contributed by atoms with Gasteiger partial charge in [-0.05, 0) is 59.7 Å². The zero-order chi connectivity index (χ0) is 24.8. The fraction of sp³-hybridized carbons (Fsp3) is 0.231. The number of carbonyl (C=O) groups excluding carboxylic acids is 3. The molecule has 2 amide bonds. The minimum absolute atomic E-state index is 0.139. The summed E-state index contributed by atoms with van der Waals surface area (Å²) in [5.41, 5.74) is 2.71. The molecule has 0 bridgehead atoms. The van der Waals surface area contributed by atoms with Crippen LogP contribution < -0.4 is 10.1 Å². The van der Waals surface area contributed by atoms with Crippen LogP contribution in [-0.4, -0.2) is 42.2 Å². The summed E-state index contributed by atoms with van der Waals surface area (Å²) in [7, 11) is 1.59. The third-order valence-corrected chi connectivity index (χ3v) is 5.52. The summed E-state index contributed by atoms with van der Waals surface area (Å²) in [5.74, 6) is 0.0762. The first-order valence-electron chi connectivity index (χ1n) is 11.0. The number of nitrogens with one attached hydrogen (secondary N) is 1. The normalized spacial score (nSPS) is 14.9. The molecule has 1 aromatic heterocycles. The molecule has 0 spiro atoms. The molecule has 0 fully saturated rings. The molecule has 35 heavy (non-hydrogen) atoms. The van der Waals surface area contributed by atoms with Crippen LogP contribution in [0.15, 0.2) is 76.4 Å². The molecule has 2 aromatic carbocycles. The van der Waals surface area contributed by atoms with Gasteiger partial charge in [0.05, 0.1) is 24.6 Å². The Morgan fingerprint density at radius 1 is 1.09 bits per heavy atom. The number of carbonyl (C=O) groups is 3. The third-order valence-electron chi connectivity index (χ3n) is 5.52. The lowest BCUT2D eigenvalue weighted by Gasteiger charge is -2.19. The van der Waals surface area contributed by atoms with Gasteiger partial charge in [0.2, 0.25) is 5.91 Å². The lowest BCUT2D eigenvalue weighted by Crippen LogP contribution is -2.31. The average molecular weight is 476 g/mol. The summed E-state index contributed by atoms with van der Waals surface area (Å²) in [6.07, 6.45) is 1.99. The summed E-state index contributed by atoms with van der Waals surface area (Å²) < 4.78 is 16.0. The second kappa shape index (κ2) is 10.7. The van der Waals surface area contributed by atoms with E-state index >= 15 is 0 Å². The van der Waals surface area contributed by atoms with E-state index < -0.39 is 24.5 Å². The predicted octanol–water partition coefficient (Wildman–Crippen LogP) is 3.46. The van der Waals surface area contributed by atoms with Crippen LogP contribution in [0.25, 0.3) is 0 Å². The molecule has 1 aliphatic heterocycles. The van der Waals surface area contributed by atoms with Gasteiger partial charge in [-0.3, -0.25) is 9.59 Å². The van der Waals surface area contributed by atoms with E-state index in [-0.39, 0.29) is 5.91 Å². The van der Waals surface area contributed by atoms with E-state index in [1.54, 1.807) is 49.8 Å². The minimum Gasteiger partial charge on any atom is -0.497 e. The Morgan fingerprint density at radius 2 is 1.83 bits per heavy atom. The summed E-state index contributed by atoms with van der Waals surface area (Å²) >= 11 is 0. The van der Waals surface area contributed by atoms with Crippen molar-refractivity contribution >= 4 is 23.5 Å². The average Bonchev–Trinajstić information content (AvgIpc) is 3.56. The van der Waals surface area contributed by atoms with Gasteiger partial charge < -0.3 is 19.2 Å². The number of hydrogen-bond acceptors (Lipinski definition) is 7. The molecule has 0 saturated heterocycles. The van der Waals surface area contributed by atoms with Crippen molar-refractivity contribution in [3.63, 3.8) is 0 Å². The maximum atomic E-state index is 13.0. The highest BCUT2D eigenvalue weighted by Gasteiger charge is 2.35. The number of amides is 2. The quantitative estimate of drug-likeness (QED) is 0.500. The topological polar surface area (TPSA) is 110 Å². The number of nitrogens with zero attached hydrogens (tertiary/aromatic N) is 2. The molecular formula is C26H25N3O6. The molecule has 1 N–H and O–H groups in total. The second-order valence-electron chi connectivity index (χ2n) is 7.93. The lowest BCUT2D eigenvalue weighted by molar-refractivity contribution is -0.136. The first-order chi connectivity index (χ1) is 16.9. The Labute approximate surface area is 202 Å². The van der Waals surface area contributed by atoms with Crippen molar-refractivity contribution in [2.24, 2.45) is 5.10 Å². The number of rotatable bonds is 8. The first-order valence-corrected chi connectivity index (χ1v) is 11.0. The number of esters is 1. The van der Waals surface area contributed by atoms with Gasteiger partial charge in [0.15, 0.2) is 6.61 Å².